The first-order chi connectivity index (χ1) is 17.2. The summed E-state index contributed by atoms with van der Waals surface area (Å²) in [6.07, 6.45) is 7.19. The van der Waals surface area contributed by atoms with Crippen LogP contribution < -0.4 is 0 Å². The predicted molar refractivity (Wildman–Crippen MR) is 135 cm³/mol. The van der Waals surface area contributed by atoms with E-state index < -0.39 is 0 Å². The number of piperazine rings is 2. The molecule has 2 saturated heterocycles. The van der Waals surface area contributed by atoms with Gasteiger partial charge in [0.15, 0.2) is 0 Å². The number of hydrogen-bond donors (Lipinski definition) is 0. The van der Waals surface area contributed by atoms with E-state index in [1.165, 1.54) is 0 Å². The topological polar surface area (TPSA) is 90.5 Å². The third-order valence-electron chi connectivity index (χ3n) is 9.01. The van der Waals surface area contributed by atoms with Gasteiger partial charge in [0.05, 0.1) is 18.2 Å². The Hall–Kier alpha value is -2.32. The number of ether oxygens (including phenoxy) is 1. The van der Waals surface area contributed by atoms with Crippen LogP contribution in [-0.2, 0) is 19.1 Å². The van der Waals surface area contributed by atoms with Gasteiger partial charge in [-0.05, 0) is 77.6 Å². The van der Waals surface area contributed by atoms with Crippen LogP contribution in [0.2, 0.25) is 0 Å². The molecule has 202 valence electrons. The lowest BCUT2D eigenvalue weighted by atomic mass is 9.68. The summed E-state index contributed by atoms with van der Waals surface area (Å²) in [5, 5.41) is 0. The van der Waals surface area contributed by atoms with Crippen molar-refractivity contribution >= 4 is 24.3 Å². The van der Waals surface area contributed by atoms with Crippen molar-refractivity contribution < 1.29 is 23.9 Å². The number of hydrogen-bond acceptors (Lipinski definition) is 5. The predicted octanol–water partition coefficient (Wildman–Crippen LogP) is 2.73. The molecule has 9 nitrogen and oxygen atoms in total. The van der Waals surface area contributed by atoms with Gasteiger partial charge in [0.2, 0.25) is 18.2 Å². The maximum absolute atomic E-state index is 13.1. The highest BCUT2D eigenvalue weighted by Gasteiger charge is 2.48. The SMILES string of the molecule is CC(=O)N1C2CCC(C3CCC(C(=O)N4CCN(C=O)CC4)CC3)CC2N(C(=O)OC(C)C)C[C@@H]1C. The Balaban J connectivity index is 1.37. The van der Waals surface area contributed by atoms with E-state index in [4.69, 9.17) is 4.74 Å². The Morgan fingerprint density at radius 2 is 1.53 bits per heavy atom. The Bertz CT molecular complexity index is 819. The van der Waals surface area contributed by atoms with E-state index in [2.05, 4.69) is 0 Å². The van der Waals surface area contributed by atoms with Gasteiger partial charge in [0.1, 0.15) is 0 Å². The van der Waals surface area contributed by atoms with Crippen molar-refractivity contribution in [2.75, 3.05) is 32.7 Å². The van der Waals surface area contributed by atoms with Crippen molar-refractivity contribution in [2.45, 2.75) is 96.9 Å². The smallest absolute Gasteiger partial charge is 0.410 e. The molecule has 4 atom stereocenters. The molecule has 2 saturated carbocycles. The summed E-state index contributed by atoms with van der Waals surface area (Å²) in [6.45, 7) is 10.4. The van der Waals surface area contributed by atoms with Crippen LogP contribution in [0, 0.1) is 17.8 Å². The minimum Gasteiger partial charge on any atom is -0.447 e. The summed E-state index contributed by atoms with van der Waals surface area (Å²) >= 11 is 0. The fourth-order valence-corrected chi connectivity index (χ4v) is 7.25. The van der Waals surface area contributed by atoms with Crippen LogP contribution >= 0.6 is 0 Å². The van der Waals surface area contributed by atoms with Crippen LogP contribution in [-0.4, -0.2) is 101 Å². The molecule has 0 N–H and O–H groups in total. The van der Waals surface area contributed by atoms with Crippen LogP contribution in [0.4, 0.5) is 4.79 Å². The van der Waals surface area contributed by atoms with E-state index >= 15 is 0 Å². The minimum absolute atomic E-state index is 0.0106. The zero-order valence-corrected chi connectivity index (χ0v) is 22.4. The van der Waals surface area contributed by atoms with Gasteiger partial charge in [0, 0.05) is 51.6 Å². The van der Waals surface area contributed by atoms with Gasteiger partial charge in [-0.25, -0.2) is 4.79 Å². The van der Waals surface area contributed by atoms with Gasteiger partial charge >= 0.3 is 6.09 Å². The Morgan fingerprint density at radius 1 is 0.889 bits per heavy atom. The molecule has 0 spiro atoms. The summed E-state index contributed by atoms with van der Waals surface area (Å²) < 4.78 is 5.59. The monoisotopic (exact) mass is 504 g/mol. The number of carbonyl (C=O) groups excluding carboxylic acids is 4. The Morgan fingerprint density at radius 3 is 2.11 bits per heavy atom. The quantitative estimate of drug-likeness (QED) is 0.549. The van der Waals surface area contributed by atoms with Crippen LogP contribution in [0.3, 0.4) is 0 Å². The molecular formula is C27H44N4O5. The summed E-state index contributed by atoms with van der Waals surface area (Å²) in [4.78, 5) is 57.1. The molecule has 0 aromatic rings. The molecule has 9 heteroatoms. The number of rotatable bonds is 4. The number of fused-ring (bicyclic) bond motifs is 1. The van der Waals surface area contributed by atoms with Gasteiger partial charge in [-0.2, -0.15) is 0 Å². The molecule has 0 aromatic carbocycles. The zero-order valence-electron chi connectivity index (χ0n) is 22.4. The second-order valence-electron chi connectivity index (χ2n) is 11.6. The molecule has 2 aliphatic carbocycles. The lowest BCUT2D eigenvalue weighted by Gasteiger charge is -2.54. The van der Waals surface area contributed by atoms with Crippen molar-refractivity contribution in [1.82, 2.24) is 19.6 Å². The molecule has 0 radical (unpaired) electrons. The minimum atomic E-state index is -0.264. The average Bonchev–Trinajstić information content (AvgIpc) is 2.87. The highest BCUT2D eigenvalue weighted by molar-refractivity contribution is 5.79. The van der Waals surface area contributed by atoms with Gasteiger partial charge in [-0.3, -0.25) is 14.4 Å². The van der Waals surface area contributed by atoms with Crippen molar-refractivity contribution in [1.29, 1.82) is 0 Å². The largest absolute Gasteiger partial charge is 0.447 e. The molecule has 0 aromatic heterocycles. The number of nitrogens with zero attached hydrogens (tertiary/aromatic N) is 4. The number of carbonyl (C=O) groups is 4. The van der Waals surface area contributed by atoms with E-state index in [1.807, 2.05) is 35.5 Å². The van der Waals surface area contributed by atoms with Crippen LogP contribution in [0.25, 0.3) is 0 Å². The fourth-order valence-electron chi connectivity index (χ4n) is 7.25. The van der Waals surface area contributed by atoms with Gasteiger partial charge in [0.25, 0.3) is 0 Å². The second-order valence-corrected chi connectivity index (χ2v) is 11.6. The summed E-state index contributed by atoms with van der Waals surface area (Å²) in [5.74, 6) is 1.47. The third-order valence-corrected chi connectivity index (χ3v) is 9.01. The molecule has 3 unspecified atom stereocenters. The number of amides is 4. The summed E-state index contributed by atoms with van der Waals surface area (Å²) in [6, 6.07) is 0.0172. The maximum atomic E-state index is 13.1. The fraction of sp³-hybridized carbons (Fsp3) is 0.852. The Labute approximate surface area is 215 Å². The van der Waals surface area contributed by atoms with Crippen molar-refractivity contribution in [3.8, 4) is 0 Å². The third kappa shape index (κ3) is 5.65. The van der Waals surface area contributed by atoms with Crippen molar-refractivity contribution in [2.24, 2.45) is 17.8 Å². The van der Waals surface area contributed by atoms with Gasteiger partial charge < -0.3 is 24.3 Å². The first kappa shape index (κ1) is 26.7. The first-order valence-electron chi connectivity index (χ1n) is 13.9. The van der Waals surface area contributed by atoms with Crippen molar-refractivity contribution in [3.63, 3.8) is 0 Å². The molecule has 0 bridgehead atoms. The lowest BCUT2D eigenvalue weighted by molar-refractivity contribution is -0.143. The van der Waals surface area contributed by atoms with E-state index in [9.17, 15) is 19.2 Å². The van der Waals surface area contributed by atoms with Crippen molar-refractivity contribution in [3.05, 3.63) is 0 Å². The second kappa shape index (κ2) is 11.4. The molecule has 2 heterocycles. The lowest BCUT2D eigenvalue weighted by Crippen LogP contribution is -2.67. The van der Waals surface area contributed by atoms with E-state index in [0.29, 0.717) is 44.6 Å². The normalized spacial score (nSPS) is 33.2. The summed E-state index contributed by atoms with van der Waals surface area (Å²) in [5.41, 5.74) is 0. The molecular weight excluding hydrogens is 460 g/mol. The van der Waals surface area contributed by atoms with Gasteiger partial charge in [-0.1, -0.05) is 0 Å². The van der Waals surface area contributed by atoms with Crippen LogP contribution in [0.1, 0.15) is 72.6 Å². The van der Waals surface area contributed by atoms with Crippen LogP contribution in [0.5, 0.6) is 0 Å². The molecule has 4 rings (SSSR count). The summed E-state index contributed by atoms with van der Waals surface area (Å²) in [7, 11) is 0. The molecule has 36 heavy (non-hydrogen) atoms. The highest BCUT2D eigenvalue weighted by Crippen LogP contribution is 2.44. The van der Waals surface area contributed by atoms with Gasteiger partial charge in [-0.15, -0.1) is 0 Å². The zero-order chi connectivity index (χ0) is 26.0. The highest BCUT2D eigenvalue weighted by atomic mass is 16.6. The first-order valence-corrected chi connectivity index (χ1v) is 13.9. The maximum Gasteiger partial charge on any atom is 0.410 e. The molecule has 4 amide bonds. The average molecular weight is 505 g/mol. The van der Waals surface area contributed by atoms with E-state index in [0.717, 1.165) is 51.4 Å². The molecule has 2 aliphatic heterocycles. The standard InChI is InChI=1S/C27H44N4O5/c1-18(2)36-27(35)30-16-19(3)31(20(4)33)24-10-9-23(15-25(24)30)21-5-7-22(8-6-21)26(34)29-13-11-28(17-32)12-14-29/h17-19,21-25H,5-16H2,1-4H3/t19-,21?,22?,23?,24?,25?/m0/s1. The van der Waals surface area contributed by atoms with Crippen LogP contribution in [0.15, 0.2) is 0 Å². The van der Waals surface area contributed by atoms with E-state index in [-0.39, 0.29) is 48.1 Å². The molecule has 4 aliphatic rings. The molecule has 4 fully saturated rings. The Kier molecular flexibility index (Phi) is 8.45. The van der Waals surface area contributed by atoms with E-state index in [1.54, 1.807) is 11.8 Å².